The van der Waals surface area contributed by atoms with E-state index in [1.165, 1.54) is 31.5 Å². The molecule has 1 heterocycles. The van der Waals surface area contributed by atoms with Crippen LogP contribution in [0.5, 0.6) is 11.5 Å². The van der Waals surface area contributed by atoms with Crippen LogP contribution in [0.1, 0.15) is 30.0 Å². The van der Waals surface area contributed by atoms with Gasteiger partial charge in [0.15, 0.2) is 0 Å². The Bertz CT molecular complexity index is 657. The van der Waals surface area contributed by atoms with Crippen LogP contribution in [0.15, 0.2) is 48.5 Å². The van der Waals surface area contributed by atoms with Crippen LogP contribution < -0.4 is 14.2 Å². The molecule has 1 saturated heterocycles. The minimum atomic E-state index is 0.200. The maximum atomic E-state index is 5.96. The van der Waals surface area contributed by atoms with E-state index in [4.69, 9.17) is 9.47 Å². The first-order valence-electron chi connectivity index (χ1n) is 8.76. The van der Waals surface area contributed by atoms with Crippen molar-refractivity contribution in [1.82, 2.24) is 9.62 Å². The predicted molar refractivity (Wildman–Crippen MR) is 104 cm³/mol. The molecule has 0 unspecified atom stereocenters. The van der Waals surface area contributed by atoms with Gasteiger partial charge in [0.1, 0.15) is 18.1 Å². The van der Waals surface area contributed by atoms with Crippen LogP contribution in [0.2, 0.25) is 0 Å². The van der Waals surface area contributed by atoms with E-state index in [0.29, 0.717) is 6.61 Å². The van der Waals surface area contributed by atoms with Crippen molar-refractivity contribution in [3.8, 4) is 11.5 Å². The van der Waals surface area contributed by atoms with Gasteiger partial charge in [-0.05, 0) is 61.3 Å². The molecule has 5 heteroatoms. The minimum absolute atomic E-state index is 0.200. The van der Waals surface area contributed by atoms with Crippen LogP contribution in [0.4, 0.5) is 0 Å². The van der Waals surface area contributed by atoms with Crippen LogP contribution in [0.25, 0.3) is 0 Å². The van der Waals surface area contributed by atoms with Crippen LogP contribution >= 0.6 is 12.8 Å². The zero-order chi connectivity index (χ0) is 17.5. The molecule has 2 aromatic carbocycles. The summed E-state index contributed by atoms with van der Waals surface area (Å²) in [7, 11) is 1.67. The number of likely N-dealkylation sites (tertiary alicyclic amines) is 1. The quantitative estimate of drug-likeness (QED) is 0.703. The molecule has 0 aliphatic carbocycles. The highest BCUT2D eigenvalue weighted by molar-refractivity contribution is 7.78. The molecular weight excluding hydrogens is 332 g/mol. The molecular formula is C20H26N2O2S. The second-order valence-electron chi connectivity index (χ2n) is 6.40. The van der Waals surface area contributed by atoms with Gasteiger partial charge >= 0.3 is 0 Å². The Labute approximate surface area is 155 Å². The van der Waals surface area contributed by atoms with Crippen LogP contribution in [-0.4, -0.2) is 31.6 Å². The number of methoxy groups -OCH3 is 1. The highest BCUT2D eigenvalue weighted by atomic mass is 32.1. The number of nitrogens with zero attached hydrogens (tertiary/aromatic N) is 1. The predicted octanol–water partition coefficient (Wildman–Crippen LogP) is 3.85. The highest BCUT2D eigenvalue weighted by Crippen LogP contribution is 2.23. The van der Waals surface area contributed by atoms with Gasteiger partial charge in [0, 0.05) is 6.54 Å². The van der Waals surface area contributed by atoms with Gasteiger partial charge in [0.25, 0.3) is 0 Å². The van der Waals surface area contributed by atoms with Crippen molar-refractivity contribution in [3.63, 3.8) is 0 Å². The lowest BCUT2D eigenvalue weighted by molar-refractivity contribution is 0.300. The number of rotatable bonds is 8. The first-order valence-corrected chi connectivity index (χ1v) is 9.21. The summed E-state index contributed by atoms with van der Waals surface area (Å²) in [5.41, 5.74) is 2.32. The monoisotopic (exact) mass is 358 g/mol. The lowest BCUT2D eigenvalue weighted by Crippen LogP contribution is -2.30. The van der Waals surface area contributed by atoms with Crippen molar-refractivity contribution in [2.24, 2.45) is 0 Å². The van der Waals surface area contributed by atoms with E-state index in [2.05, 4.69) is 34.6 Å². The fourth-order valence-corrected chi connectivity index (χ4v) is 3.38. The summed E-state index contributed by atoms with van der Waals surface area (Å²) in [5.74, 6) is 1.73. The maximum absolute atomic E-state index is 5.96. The molecule has 0 aromatic heterocycles. The number of hydrogen-bond donors (Lipinski definition) is 2. The first kappa shape index (κ1) is 18.1. The molecule has 1 fully saturated rings. The average molecular weight is 359 g/mol. The second kappa shape index (κ2) is 9.13. The number of benzene rings is 2. The highest BCUT2D eigenvalue weighted by Gasteiger charge is 2.18. The molecule has 1 N–H and O–H groups in total. The molecule has 25 heavy (non-hydrogen) atoms. The molecule has 4 nitrogen and oxygen atoms in total. The van der Waals surface area contributed by atoms with Crippen molar-refractivity contribution in [1.29, 1.82) is 0 Å². The normalized spacial score (nSPS) is 15.9. The topological polar surface area (TPSA) is 33.7 Å². The summed E-state index contributed by atoms with van der Waals surface area (Å²) in [4.78, 5) is 2.48. The Balaban J connectivity index is 1.61. The summed E-state index contributed by atoms with van der Waals surface area (Å²) >= 11 is 4.33. The Morgan fingerprint density at radius 3 is 2.52 bits per heavy atom. The standard InChI is InChI=1S/C20H26N2O2S/c1-23-18-9-7-16(8-10-18)15-24-19-6-4-5-17(13-19)20(21-25)14-22-11-2-3-12-22/h4-10,13,20-21,25H,2-3,11-12,14-15H2,1H3/t20-/m1/s1. The maximum Gasteiger partial charge on any atom is 0.120 e. The molecule has 3 rings (SSSR count). The molecule has 134 valence electrons. The van der Waals surface area contributed by atoms with Gasteiger partial charge in [-0.15, -0.1) is 0 Å². The number of hydrogen-bond acceptors (Lipinski definition) is 5. The van der Waals surface area contributed by atoms with Gasteiger partial charge in [-0.25, -0.2) is 0 Å². The Hall–Kier alpha value is -1.69. The van der Waals surface area contributed by atoms with Gasteiger partial charge in [-0.1, -0.05) is 37.1 Å². The Morgan fingerprint density at radius 1 is 1.08 bits per heavy atom. The Kier molecular flexibility index (Phi) is 6.62. The zero-order valence-electron chi connectivity index (χ0n) is 14.6. The molecule has 0 bridgehead atoms. The smallest absolute Gasteiger partial charge is 0.120 e. The van der Waals surface area contributed by atoms with Crippen molar-refractivity contribution in [2.45, 2.75) is 25.5 Å². The molecule has 1 aliphatic rings. The van der Waals surface area contributed by atoms with Crippen molar-refractivity contribution in [3.05, 3.63) is 59.7 Å². The van der Waals surface area contributed by atoms with E-state index >= 15 is 0 Å². The van der Waals surface area contributed by atoms with Gasteiger partial charge in [-0.3, -0.25) is 4.72 Å². The van der Waals surface area contributed by atoms with Crippen LogP contribution in [0, 0.1) is 0 Å². The molecule has 0 saturated carbocycles. The van der Waals surface area contributed by atoms with Crippen molar-refractivity contribution in [2.75, 3.05) is 26.7 Å². The largest absolute Gasteiger partial charge is 0.497 e. The minimum Gasteiger partial charge on any atom is -0.497 e. The summed E-state index contributed by atoms with van der Waals surface area (Å²) in [5, 5.41) is 0. The summed E-state index contributed by atoms with van der Waals surface area (Å²) in [6, 6.07) is 16.4. The van der Waals surface area contributed by atoms with Gasteiger partial charge in [-0.2, -0.15) is 0 Å². The van der Waals surface area contributed by atoms with E-state index in [1.807, 2.05) is 36.4 Å². The third kappa shape index (κ3) is 5.14. The van der Waals surface area contributed by atoms with E-state index < -0.39 is 0 Å². The van der Waals surface area contributed by atoms with Gasteiger partial charge < -0.3 is 14.4 Å². The third-order valence-electron chi connectivity index (χ3n) is 4.62. The van der Waals surface area contributed by atoms with E-state index in [9.17, 15) is 0 Å². The molecule has 2 aromatic rings. The number of thiol groups is 1. The zero-order valence-corrected chi connectivity index (χ0v) is 15.5. The molecule has 0 radical (unpaired) electrons. The van der Waals surface area contributed by atoms with Crippen LogP contribution in [-0.2, 0) is 6.61 Å². The van der Waals surface area contributed by atoms with Crippen LogP contribution in [0.3, 0.4) is 0 Å². The van der Waals surface area contributed by atoms with E-state index in [0.717, 1.165) is 23.6 Å². The second-order valence-corrected chi connectivity index (χ2v) is 6.66. The molecule has 0 spiro atoms. The third-order valence-corrected chi connectivity index (χ3v) is 4.93. The first-order chi connectivity index (χ1) is 12.3. The lowest BCUT2D eigenvalue weighted by atomic mass is 10.1. The number of nitrogens with one attached hydrogen (secondary N) is 1. The summed E-state index contributed by atoms with van der Waals surface area (Å²) < 4.78 is 14.3. The van der Waals surface area contributed by atoms with Crippen molar-refractivity contribution < 1.29 is 9.47 Å². The van der Waals surface area contributed by atoms with Crippen molar-refractivity contribution >= 4 is 12.8 Å². The average Bonchev–Trinajstić information content (AvgIpc) is 3.18. The SMILES string of the molecule is COc1ccc(COc2cccc([C@@H](CN3CCCC3)NS)c2)cc1. The molecule has 1 atom stereocenters. The number of ether oxygens (including phenoxy) is 2. The fraction of sp³-hybridized carbons (Fsp3) is 0.400. The summed E-state index contributed by atoms with van der Waals surface area (Å²) in [6.07, 6.45) is 2.59. The summed E-state index contributed by atoms with van der Waals surface area (Å²) in [6.45, 7) is 3.88. The van der Waals surface area contributed by atoms with E-state index in [1.54, 1.807) is 7.11 Å². The van der Waals surface area contributed by atoms with Gasteiger partial charge in [0.05, 0.1) is 13.2 Å². The molecule has 1 aliphatic heterocycles. The molecule has 0 amide bonds. The fourth-order valence-electron chi connectivity index (χ4n) is 3.15. The lowest BCUT2D eigenvalue weighted by Gasteiger charge is -2.23. The van der Waals surface area contributed by atoms with Gasteiger partial charge in [0.2, 0.25) is 0 Å². The Morgan fingerprint density at radius 2 is 1.84 bits per heavy atom. The van der Waals surface area contributed by atoms with E-state index in [-0.39, 0.29) is 6.04 Å².